The van der Waals surface area contributed by atoms with Crippen LogP contribution >= 0.6 is 0 Å². The largest absolute Gasteiger partial charge is 0.497 e. The zero-order chi connectivity index (χ0) is 27.0. The third kappa shape index (κ3) is 4.66. The molecule has 8 nitrogen and oxygen atoms in total. The van der Waals surface area contributed by atoms with Crippen molar-refractivity contribution in [2.75, 3.05) is 27.1 Å². The lowest BCUT2D eigenvalue weighted by atomic mass is 9.70. The maximum Gasteiger partial charge on any atom is 0.305 e. The van der Waals surface area contributed by atoms with Crippen LogP contribution in [-0.4, -0.2) is 32.1 Å². The van der Waals surface area contributed by atoms with Crippen molar-refractivity contribution in [2.24, 2.45) is 5.41 Å². The lowest BCUT2D eigenvalue weighted by molar-refractivity contribution is -0.685. The van der Waals surface area contributed by atoms with Gasteiger partial charge in [-0.25, -0.2) is 4.57 Å². The fraction of sp³-hybridized carbons (Fsp3) is 0.367. The Labute approximate surface area is 223 Å². The van der Waals surface area contributed by atoms with E-state index in [1.165, 1.54) is 0 Å². The predicted octanol–water partition coefficient (Wildman–Crippen LogP) is 4.39. The Morgan fingerprint density at radius 3 is 2.45 bits per heavy atom. The number of ketones is 1. The molecule has 2 heterocycles. The van der Waals surface area contributed by atoms with Crippen molar-refractivity contribution in [2.45, 2.75) is 45.6 Å². The van der Waals surface area contributed by atoms with Crippen molar-refractivity contribution < 1.29 is 28.3 Å². The second-order valence-corrected chi connectivity index (χ2v) is 10.6. The number of fused-ring (bicyclic) bond motifs is 1. The number of aryl methyl sites for hydroxylation is 2. The number of rotatable bonds is 7. The molecule has 3 aromatic rings. The molecule has 0 amide bonds. The smallest absolute Gasteiger partial charge is 0.305 e. The standard InChI is InChI=1S/C30H33N3O5/c1-30(2)15-21(34)26-24(16-30)38-29-27(25(26)19-7-9-20(35-3)10-8-19)28(31)33(17-32-29)13-12-18-6-11-22(36-4)23(14-18)37-5/h6-11,14,17,25,31H,12-13,15-16H2,1-5H3/p+1/t25-/m0/s1. The van der Waals surface area contributed by atoms with E-state index >= 15 is 0 Å². The van der Waals surface area contributed by atoms with Gasteiger partial charge in [0.1, 0.15) is 17.1 Å². The number of nitrogen functional groups attached to an aromatic ring is 1. The normalized spacial score (nSPS) is 17.8. The topological polar surface area (TPSA) is 96.8 Å². The van der Waals surface area contributed by atoms with E-state index in [4.69, 9.17) is 24.7 Å². The summed E-state index contributed by atoms with van der Waals surface area (Å²) in [5.41, 5.74) is 10.0. The number of nitrogens with two attached hydrogens (primary N) is 1. The summed E-state index contributed by atoms with van der Waals surface area (Å²) in [6.45, 7) is 4.76. The molecular weight excluding hydrogens is 482 g/mol. The summed E-state index contributed by atoms with van der Waals surface area (Å²) in [4.78, 5) is 18.2. The molecule has 2 N–H and O–H groups in total. The van der Waals surface area contributed by atoms with E-state index in [0.29, 0.717) is 60.3 Å². The molecule has 1 aliphatic carbocycles. The molecule has 5 rings (SSSR count). The number of hydrogen-bond donors (Lipinski definition) is 1. The van der Waals surface area contributed by atoms with Crippen LogP contribution in [0.15, 0.2) is 60.1 Å². The van der Waals surface area contributed by atoms with E-state index in [1.807, 2.05) is 47.0 Å². The second kappa shape index (κ2) is 10.0. The molecule has 1 aliphatic heterocycles. The average Bonchev–Trinajstić information content (AvgIpc) is 2.90. The Bertz CT molecular complexity index is 1410. The Kier molecular flexibility index (Phi) is 6.73. The Morgan fingerprint density at radius 2 is 1.76 bits per heavy atom. The summed E-state index contributed by atoms with van der Waals surface area (Å²) in [7, 11) is 4.88. The summed E-state index contributed by atoms with van der Waals surface area (Å²) in [6.07, 6.45) is 3.53. The van der Waals surface area contributed by atoms with Crippen LogP contribution in [0.5, 0.6) is 23.1 Å². The zero-order valence-corrected chi connectivity index (χ0v) is 22.5. The molecule has 198 valence electrons. The molecule has 1 atom stereocenters. The highest BCUT2D eigenvalue weighted by atomic mass is 16.5. The van der Waals surface area contributed by atoms with E-state index in [0.717, 1.165) is 22.4 Å². The highest BCUT2D eigenvalue weighted by Crippen LogP contribution is 2.50. The number of nitrogens with zero attached hydrogens (tertiary/aromatic N) is 2. The molecule has 2 aliphatic rings. The van der Waals surface area contributed by atoms with Gasteiger partial charge in [0, 0.05) is 24.8 Å². The van der Waals surface area contributed by atoms with Gasteiger partial charge in [-0.15, -0.1) is 0 Å². The Morgan fingerprint density at radius 1 is 1.03 bits per heavy atom. The maximum absolute atomic E-state index is 13.5. The first-order chi connectivity index (χ1) is 18.2. The first-order valence-corrected chi connectivity index (χ1v) is 12.7. The van der Waals surface area contributed by atoms with Crippen LogP contribution in [0.1, 0.15) is 49.3 Å². The summed E-state index contributed by atoms with van der Waals surface area (Å²) in [5, 5.41) is 0. The lowest BCUT2D eigenvalue weighted by Crippen LogP contribution is -2.42. The van der Waals surface area contributed by atoms with Gasteiger partial charge in [-0.1, -0.05) is 37.0 Å². The van der Waals surface area contributed by atoms with Crippen molar-refractivity contribution >= 4 is 11.6 Å². The molecule has 2 aromatic carbocycles. The molecule has 0 saturated heterocycles. The molecule has 8 heteroatoms. The van der Waals surface area contributed by atoms with Crippen molar-refractivity contribution in [1.29, 1.82) is 0 Å². The number of ether oxygens (including phenoxy) is 4. The van der Waals surface area contributed by atoms with Gasteiger partial charge < -0.3 is 24.7 Å². The van der Waals surface area contributed by atoms with Crippen LogP contribution in [-0.2, 0) is 17.8 Å². The van der Waals surface area contributed by atoms with Crippen LogP contribution < -0.4 is 29.2 Å². The summed E-state index contributed by atoms with van der Waals surface area (Å²) >= 11 is 0. The third-order valence-corrected chi connectivity index (χ3v) is 7.34. The van der Waals surface area contributed by atoms with Crippen molar-refractivity contribution in [3.8, 4) is 23.1 Å². The van der Waals surface area contributed by atoms with Gasteiger partial charge in [-0.2, -0.15) is 0 Å². The lowest BCUT2D eigenvalue weighted by Gasteiger charge is -2.37. The van der Waals surface area contributed by atoms with E-state index < -0.39 is 0 Å². The summed E-state index contributed by atoms with van der Waals surface area (Å²) < 4.78 is 24.4. The number of Topliss-reactive ketones (excluding diaryl/α,β-unsaturated/α-hetero) is 1. The van der Waals surface area contributed by atoms with Crippen molar-refractivity contribution in [3.05, 3.63) is 76.8 Å². The van der Waals surface area contributed by atoms with Crippen molar-refractivity contribution in [3.63, 3.8) is 0 Å². The molecule has 0 unspecified atom stereocenters. The van der Waals surface area contributed by atoms with Gasteiger partial charge in [0.25, 0.3) is 0 Å². The fourth-order valence-electron chi connectivity index (χ4n) is 5.42. The van der Waals surface area contributed by atoms with Gasteiger partial charge in [0.15, 0.2) is 17.3 Å². The van der Waals surface area contributed by atoms with Crippen LogP contribution in [0, 0.1) is 5.41 Å². The minimum absolute atomic E-state index is 0.0860. The maximum atomic E-state index is 13.5. The average molecular weight is 517 g/mol. The molecule has 38 heavy (non-hydrogen) atoms. The monoisotopic (exact) mass is 516 g/mol. The molecule has 0 spiro atoms. The van der Waals surface area contributed by atoms with Gasteiger partial charge >= 0.3 is 5.88 Å². The fourth-order valence-corrected chi connectivity index (χ4v) is 5.42. The Hall–Kier alpha value is -4.07. The zero-order valence-electron chi connectivity index (χ0n) is 22.5. The number of allylic oxidation sites excluding steroid dienone is 2. The molecule has 0 bridgehead atoms. The number of methoxy groups -OCH3 is 3. The highest BCUT2D eigenvalue weighted by Gasteiger charge is 2.45. The number of benzene rings is 2. The molecule has 0 radical (unpaired) electrons. The van der Waals surface area contributed by atoms with Gasteiger partial charge in [-0.3, -0.25) is 4.79 Å². The number of anilines is 1. The summed E-state index contributed by atoms with van der Waals surface area (Å²) in [6, 6.07) is 13.6. The van der Waals surface area contributed by atoms with Crippen LogP contribution in [0.3, 0.4) is 0 Å². The van der Waals surface area contributed by atoms with Crippen LogP contribution in [0.25, 0.3) is 0 Å². The predicted molar refractivity (Wildman–Crippen MR) is 143 cm³/mol. The second-order valence-electron chi connectivity index (χ2n) is 10.6. The summed E-state index contributed by atoms with van der Waals surface area (Å²) in [5.74, 6) is 3.49. The minimum atomic E-state index is -0.371. The van der Waals surface area contributed by atoms with Gasteiger partial charge in [0.2, 0.25) is 12.1 Å². The molecule has 1 aromatic heterocycles. The number of hydrogen-bond acceptors (Lipinski definition) is 7. The van der Waals surface area contributed by atoms with Crippen LogP contribution in [0.4, 0.5) is 5.82 Å². The first kappa shape index (κ1) is 25.6. The van der Waals surface area contributed by atoms with Gasteiger partial charge in [-0.05, 0) is 40.8 Å². The van der Waals surface area contributed by atoms with E-state index in [1.54, 1.807) is 27.7 Å². The number of carbonyl (C=O) groups is 1. The van der Waals surface area contributed by atoms with E-state index in [-0.39, 0.29) is 17.1 Å². The Balaban J connectivity index is 1.55. The molecule has 0 saturated carbocycles. The van der Waals surface area contributed by atoms with E-state index in [9.17, 15) is 4.79 Å². The third-order valence-electron chi connectivity index (χ3n) is 7.34. The van der Waals surface area contributed by atoms with Gasteiger partial charge in [0.05, 0.1) is 33.8 Å². The molecule has 0 fully saturated rings. The van der Waals surface area contributed by atoms with Crippen molar-refractivity contribution in [1.82, 2.24) is 4.98 Å². The highest BCUT2D eigenvalue weighted by molar-refractivity contribution is 6.00. The molecular formula is C30H34N3O5+. The quantitative estimate of drug-likeness (QED) is 0.465. The first-order valence-electron chi connectivity index (χ1n) is 12.7. The SMILES string of the molecule is COc1ccc([C@H]2C3=C(CC(C)(C)CC3=O)Oc3nc[n+](CCc4ccc(OC)c(OC)c4)c(N)c32)cc1. The van der Waals surface area contributed by atoms with E-state index in [2.05, 4.69) is 18.8 Å². The van der Waals surface area contributed by atoms with Crippen LogP contribution in [0.2, 0.25) is 0 Å². The minimum Gasteiger partial charge on any atom is -0.497 e. The number of aromatic nitrogens is 2. The number of carbonyl (C=O) groups excluding carboxylic acids is 1.